The summed E-state index contributed by atoms with van der Waals surface area (Å²) >= 11 is 0. The molecule has 0 bridgehead atoms. The predicted octanol–water partition coefficient (Wildman–Crippen LogP) is 1.12. The fourth-order valence-electron chi connectivity index (χ4n) is 2.74. The molecule has 0 spiro atoms. The average Bonchev–Trinajstić information content (AvgIpc) is 2.71. The van der Waals surface area contributed by atoms with Crippen LogP contribution in [0, 0.1) is 0 Å². The number of fused-ring (bicyclic) bond motifs is 1. The number of hydrogen-bond donors (Lipinski definition) is 1. The van der Waals surface area contributed by atoms with Gasteiger partial charge >= 0.3 is 0 Å². The van der Waals surface area contributed by atoms with Crippen molar-refractivity contribution in [3.8, 4) is 0 Å². The van der Waals surface area contributed by atoms with Crippen LogP contribution in [-0.2, 0) is 9.59 Å². The molecule has 1 saturated heterocycles. The number of carbonyl (C=O) groups is 4. The summed E-state index contributed by atoms with van der Waals surface area (Å²) in [6.45, 7) is 5.62. The minimum absolute atomic E-state index is 0.112. The van der Waals surface area contributed by atoms with Crippen molar-refractivity contribution < 1.29 is 19.2 Å². The third-order valence-corrected chi connectivity index (χ3v) is 3.93. The van der Waals surface area contributed by atoms with Gasteiger partial charge in [-0.2, -0.15) is 0 Å². The van der Waals surface area contributed by atoms with Crippen LogP contribution in [0.15, 0.2) is 24.8 Å². The van der Waals surface area contributed by atoms with Gasteiger partial charge in [-0.15, -0.1) is 0 Å². The Balaban J connectivity index is 1.98. The van der Waals surface area contributed by atoms with E-state index in [1.807, 2.05) is 0 Å². The Bertz CT molecular complexity index is 751. The smallest absolute Gasteiger partial charge is 0.262 e. The highest BCUT2D eigenvalue weighted by atomic mass is 16.2. The van der Waals surface area contributed by atoms with Crippen LogP contribution in [0.4, 0.5) is 0 Å². The quantitative estimate of drug-likeness (QED) is 0.829. The van der Waals surface area contributed by atoms with Crippen molar-refractivity contribution >= 4 is 29.2 Å². The molecule has 1 aromatic carbocycles. The normalized spacial score (nSPS) is 21.0. The number of imide groups is 2. The molecule has 112 valence electrons. The first-order chi connectivity index (χ1) is 10.4. The fourth-order valence-corrected chi connectivity index (χ4v) is 2.74. The molecule has 6 heteroatoms. The molecule has 1 aromatic rings. The topological polar surface area (TPSA) is 83.6 Å². The molecule has 4 amide bonds. The number of carbonyl (C=O) groups excluding carboxylic acids is 4. The Labute approximate surface area is 126 Å². The molecular weight excluding hydrogens is 284 g/mol. The number of nitrogens with zero attached hydrogens (tertiary/aromatic N) is 1. The van der Waals surface area contributed by atoms with Crippen molar-refractivity contribution in [1.29, 1.82) is 0 Å². The lowest BCUT2D eigenvalue weighted by molar-refractivity contribution is -0.136. The molecule has 22 heavy (non-hydrogen) atoms. The van der Waals surface area contributed by atoms with Crippen LogP contribution in [-0.4, -0.2) is 34.6 Å². The number of piperidine rings is 1. The van der Waals surface area contributed by atoms with E-state index in [0.29, 0.717) is 0 Å². The van der Waals surface area contributed by atoms with E-state index in [1.165, 1.54) is 0 Å². The number of amides is 4. The number of nitrogens with one attached hydrogen (secondary N) is 1. The second-order valence-electron chi connectivity index (χ2n) is 5.49. The lowest BCUT2D eigenvalue weighted by Gasteiger charge is -2.27. The van der Waals surface area contributed by atoms with Crippen LogP contribution in [0.1, 0.15) is 46.0 Å². The summed E-state index contributed by atoms with van der Waals surface area (Å²) in [5.74, 6) is -1.99. The van der Waals surface area contributed by atoms with Gasteiger partial charge in [0.05, 0.1) is 11.1 Å². The third-order valence-electron chi connectivity index (χ3n) is 3.93. The maximum Gasteiger partial charge on any atom is 0.262 e. The van der Waals surface area contributed by atoms with E-state index >= 15 is 0 Å². The lowest BCUT2D eigenvalue weighted by atomic mass is 10.0. The van der Waals surface area contributed by atoms with Crippen LogP contribution in [0.25, 0.3) is 5.57 Å². The summed E-state index contributed by atoms with van der Waals surface area (Å²) < 4.78 is 0. The molecule has 0 radical (unpaired) electrons. The molecule has 0 saturated carbocycles. The van der Waals surface area contributed by atoms with Gasteiger partial charge in [0, 0.05) is 6.42 Å². The molecule has 0 aliphatic carbocycles. The third kappa shape index (κ3) is 2.04. The highest BCUT2D eigenvalue weighted by Gasteiger charge is 2.44. The molecular formula is C16H14N2O4. The van der Waals surface area contributed by atoms with Gasteiger partial charge in [0.25, 0.3) is 11.8 Å². The molecule has 2 aliphatic heterocycles. The minimum atomic E-state index is -0.932. The van der Waals surface area contributed by atoms with E-state index in [9.17, 15) is 19.2 Å². The molecule has 1 fully saturated rings. The molecule has 1 atom stereocenters. The molecule has 0 aromatic heterocycles. The lowest BCUT2D eigenvalue weighted by Crippen LogP contribution is -2.54. The van der Waals surface area contributed by atoms with E-state index in [-0.39, 0.29) is 29.9 Å². The summed E-state index contributed by atoms with van der Waals surface area (Å²) in [5.41, 5.74) is 2.10. The number of hydrogen-bond acceptors (Lipinski definition) is 4. The predicted molar refractivity (Wildman–Crippen MR) is 77.8 cm³/mol. The van der Waals surface area contributed by atoms with Gasteiger partial charge in [-0.1, -0.05) is 18.2 Å². The Morgan fingerprint density at radius 3 is 2.50 bits per heavy atom. The monoisotopic (exact) mass is 298 g/mol. The molecule has 6 nitrogen and oxygen atoms in total. The second-order valence-corrected chi connectivity index (χ2v) is 5.49. The van der Waals surface area contributed by atoms with Gasteiger partial charge in [0.2, 0.25) is 11.8 Å². The first-order valence-electron chi connectivity index (χ1n) is 6.91. The van der Waals surface area contributed by atoms with Crippen LogP contribution < -0.4 is 5.32 Å². The summed E-state index contributed by atoms with van der Waals surface area (Å²) in [4.78, 5) is 49.0. The van der Waals surface area contributed by atoms with Gasteiger partial charge in [0.1, 0.15) is 6.04 Å². The van der Waals surface area contributed by atoms with E-state index in [1.54, 1.807) is 25.1 Å². The van der Waals surface area contributed by atoms with Crippen molar-refractivity contribution in [2.75, 3.05) is 0 Å². The van der Waals surface area contributed by atoms with Crippen LogP contribution in [0.2, 0.25) is 0 Å². The van der Waals surface area contributed by atoms with Crippen molar-refractivity contribution in [2.45, 2.75) is 25.8 Å². The largest absolute Gasteiger partial charge is 0.295 e. The highest BCUT2D eigenvalue weighted by molar-refractivity contribution is 6.23. The maximum atomic E-state index is 12.5. The van der Waals surface area contributed by atoms with Gasteiger partial charge < -0.3 is 0 Å². The van der Waals surface area contributed by atoms with Gasteiger partial charge in [-0.3, -0.25) is 29.4 Å². The Morgan fingerprint density at radius 2 is 1.86 bits per heavy atom. The zero-order valence-corrected chi connectivity index (χ0v) is 12.0. The van der Waals surface area contributed by atoms with Crippen LogP contribution in [0.5, 0.6) is 0 Å². The van der Waals surface area contributed by atoms with Gasteiger partial charge in [-0.25, -0.2) is 0 Å². The van der Waals surface area contributed by atoms with E-state index < -0.39 is 23.8 Å². The fraction of sp³-hybridized carbons (Fsp3) is 0.250. The summed E-state index contributed by atoms with van der Waals surface area (Å²) in [6.07, 6.45) is 0.268. The summed E-state index contributed by atoms with van der Waals surface area (Å²) in [7, 11) is 0. The Hall–Kier alpha value is -2.76. The van der Waals surface area contributed by atoms with E-state index in [4.69, 9.17) is 0 Å². The molecule has 2 aliphatic rings. The minimum Gasteiger partial charge on any atom is -0.295 e. The molecule has 3 rings (SSSR count). The first-order valence-corrected chi connectivity index (χ1v) is 6.91. The number of allylic oxidation sites excluding steroid dienone is 1. The summed E-state index contributed by atoms with van der Waals surface area (Å²) in [6, 6.07) is 3.98. The average molecular weight is 298 g/mol. The van der Waals surface area contributed by atoms with Crippen molar-refractivity contribution in [1.82, 2.24) is 10.2 Å². The first kappa shape index (κ1) is 14.2. The van der Waals surface area contributed by atoms with E-state index in [0.717, 1.165) is 16.0 Å². The maximum absolute atomic E-state index is 12.5. The highest BCUT2D eigenvalue weighted by Crippen LogP contribution is 2.29. The van der Waals surface area contributed by atoms with Crippen molar-refractivity contribution in [2.24, 2.45) is 0 Å². The second kappa shape index (κ2) is 4.91. The number of rotatable bonds is 2. The zero-order chi connectivity index (χ0) is 16.0. The van der Waals surface area contributed by atoms with Crippen LogP contribution >= 0.6 is 0 Å². The van der Waals surface area contributed by atoms with E-state index in [2.05, 4.69) is 11.9 Å². The van der Waals surface area contributed by atoms with Gasteiger partial charge in [-0.05, 0) is 31.0 Å². The Kier molecular flexibility index (Phi) is 3.16. The molecule has 2 heterocycles. The van der Waals surface area contributed by atoms with Crippen LogP contribution in [0.3, 0.4) is 0 Å². The van der Waals surface area contributed by atoms with Crippen molar-refractivity contribution in [3.63, 3.8) is 0 Å². The zero-order valence-electron chi connectivity index (χ0n) is 12.0. The molecule has 0 unspecified atom stereocenters. The Morgan fingerprint density at radius 1 is 1.18 bits per heavy atom. The van der Waals surface area contributed by atoms with Gasteiger partial charge in [0.15, 0.2) is 0 Å². The number of benzene rings is 1. The van der Waals surface area contributed by atoms with Crippen molar-refractivity contribution in [3.05, 3.63) is 41.5 Å². The molecule has 1 N–H and O–H groups in total. The summed E-state index contributed by atoms with van der Waals surface area (Å²) in [5, 5.41) is 2.17. The SMILES string of the molecule is C=C(C)c1ccc2c(c1)C(=O)N([C@H]1CCC(=O)NC1=O)C2=O. The standard InChI is InChI=1S/C16H14N2O4/c1-8(2)9-3-4-10-11(7-9)16(22)18(15(10)21)12-5-6-13(19)17-14(12)20/h3-4,7,12H,1,5-6H2,2H3,(H,17,19,20)/t12-/m0/s1.